The van der Waals surface area contributed by atoms with Crippen LogP contribution >= 0.6 is 0 Å². The van der Waals surface area contributed by atoms with E-state index < -0.39 is 0 Å². The minimum absolute atomic E-state index is 0.0592. The molecule has 2 aromatic rings. The summed E-state index contributed by atoms with van der Waals surface area (Å²) >= 11 is 0. The predicted molar refractivity (Wildman–Crippen MR) is 95.5 cm³/mol. The molecule has 2 fully saturated rings. The first-order chi connectivity index (χ1) is 12.2. The lowest BCUT2D eigenvalue weighted by atomic mass is 9.69. The Morgan fingerprint density at radius 1 is 1.28 bits per heavy atom. The van der Waals surface area contributed by atoms with Gasteiger partial charge in [0.1, 0.15) is 0 Å². The number of carbonyl (C=O) groups excluding carboxylic acids is 1. The summed E-state index contributed by atoms with van der Waals surface area (Å²) in [5, 5.41) is 7.32. The van der Waals surface area contributed by atoms with Gasteiger partial charge in [0, 0.05) is 24.7 Å². The Balaban J connectivity index is 1.37. The van der Waals surface area contributed by atoms with Crippen LogP contribution in [-0.2, 0) is 11.3 Å². The number of nitrogens with one attached hydrogen (secondary N) is 1. The monoisotopic (exact) mass is 340 g/mol. The molecule has 1 aliphatic carbocycles. The van der Waals surface area contributed by atoms with Crippen molar-refractivity contribution in [1.29, 1.82) is 0 Å². The number of benzene rings is 1. The number of rotatable bonds is 3. The molecule has 1 aliphatic heterocycles. The second-order valence-electron chi connectivity index (χ2n) is 7.17. The normalized spacial score (nSPS) is 19.3. The molecule has 0 unspecified atom stereocenters. The molecule has 0 atom stereocenters. The van der Waals surface area contributed by atoms with Crippen molar-refractivity contribution in [2.45, 2.75) is 25.8 Å². The van der Waals surface area contributed by atoms with Gasteiger partial charge in [0.2, 0.25) is 0 Å². The number of carbonyl (C=O) groups is 1. The van der Waals surface area contributed by atoms with Crippen LogP contribution in [0, 0.1) is 5.41 Å². The van der Waals surface area contributed by atoms with Crippen molar-refractivity contribution in [3.8, 4) is 0 Å². The van der Waals surface area contributed by atoms with E-state index in [1.807, 2.05) is 34.0 Å². The summed E-state index contributed by atoms with van der Waals surface area (Å²) in [6, 6.07) is 10.1. The van der Waals surface area contributed by atoms with Crippen LogP contribution in [0.15, 0.2) is 42.7 Å². The summed E-state index contributed by atoms with van der Waals surface area (Å²) in [5.74, 6) is 0. The maximum absolute atomic E-state index is 12.6. The highest BCUT2D eigenvalue weighted by Crippen LogP contribution is 2.42. The van der Waals surface area contributed by atoms with Crippen molar-refractivity contribution in [2.24, 2.45) is 5.41 Å². The smallest absolute Gasteiger partial charge is 0.322 e. The van der Waals surface area contributed by atoms with E-state index in [1.54, 1.807) is 6.20 Å². The maximum Gasteiger partial charge on any atom is 0.322 e. The van der Waals surface area contributed by atoms with Gasteiger partial charge in [0.05, 0.1) is 31.6 Å². The van der Waals surface area contributed by atoms with E-state index >= 15 is 0 Å². The third kappa shape index (κ3) is 3.69. The van der Waals surface area contributed by atoms with Crippen molar-refractivity contribution >= 4 is 11.7 Å². The molecule has 2 aliphatic rings. The minimum atomic E-state index is -0.0592. The molecule has 132 valence electrons. The molecule has 4 rings (SSSR count). The molecule has 0 radical (unpaired) electrons. The van der Waals surface area contributed by atoms with Crippen LogP contribution in [0.4, 0.5) is 10.5 Å². The number of amides is 2. The average Bonchev–Trinajstić information content (AvgIpc) is 2.89. The van der Waals surface area contributed by atoms with Crippen molar-refractivity contribution in [2.75, 3.05) is 31.6 Å². The summed E-state index contributed by atoms with van der Waals surface area (Å²) in [6.07, 6.45) is 7.13. The van der Waals surface area contributed by atoms with Gasteiger partial charge in [-0.15, -0.1) is 0 Å². The number of anilines is 1. The fourth-order valence-electron chi connectivity index (χ4n) is 3.63. The number of nitrogens with zero attached hydrogens (tertiary/aromatic N) is 3. The van der Waals surface area contributed by atoms with Crippen molar-refractivity contribution in [3.63, 3.8) is 0 Å². The van der Waals surface area contributed by atoms with E-state index in [1.165, 1.54) is 12.0 Å². The molecule has 6 heteroatoms. The Morgan fingerprint density at radius 2 is 2.12 bits per heavy atom. The quantitative estimate of drug-likeness (QED) is 0.934. The topological polar surface area (TPSA) is 59.4 Å². The maximum atomic E-state index is 12.6. The number of aromatic nitrogens is 2. The lowest BCUT2D eigenvalue weighted by molar-refractivity contribution is 0.0130. The Bertz CT molecular complexity index is 724. The highest BCUT2D eigenvalue weighted by atomic mass is 16.5. The van der Waals surface area contributed by atoms with Crippen LogP contribution in [-0.4, -0.2) is 47.0 Å². The Kier molecular flexibility index (Phi) is 4.44. The SMILES string of the molecule is O=C(Nc1cnn(Cc2ccccc2)c1)N1CCOCC2(CCC2)C1. The standard InChI is InChI=1S/C19H24N4O2/c24-18(22-9-10-25-15-19(14-22)7-4-8-19)21-17-11-20-23(13-17)12-16-5-2-1-3-6-16/h1-3,5-6,11,13H,4,7-10,12,14-15H2,(H,21,24). The van der Waals surface area contributed by atoms with Crippen LogP contribution in [0.25, 0.3) is 0 Å². The van der Waals surface area contributed by atoms with Crippen LogP contribution < -0.4 is 5.32 Å². The predicted octanol–water partition coefficient (Wildman–Crippen LogP) is 2.97. The zero-order valence-electron chi connectivity index (χ0n) is 14.4. The van der Waals surface area contributed by atoms with Crippen molar-refractivity contribution < 1.29 is 9.53 Å². The molecule has 1 saturated heterocycles. The Labute approximate surface area is 147 Å². The Morgan fingerprint density at radius 3 is 2.88 bits per heavy atom. The second-order valence-corrected chi connectivity index (χ2v) is 7.17. The first kappa shape index (κ1) is 16.1. The number of urea groups is 1. The molecule has 2 amide bonds. The molecule has 1 N–H and O–H groups in total. The fourth-order valence-corrected chi connectivity index (χ4v) is 3.63. The van der Waals surface area contributed by atoms with E-state index in [0.717, 1.165) is 31.7 Å². The third-order valence-electron chi connectivity index (χ3n) is 5.21. The van der Waals surface area contributed by atoms with Crippen molar-refractivity contribution in [3.05, 3.63) is 48.3 Å². The zero-order chi connectivity index (χ0) is 17.1. The van der Waals surface area contributed by atoms with Crippen LogP contribution in [0.2, 0.25) is 0 Å². The third-order valence-corrected chi connectivity index (χ3v) is 5.21. The van der Waals surface area contributed by atoms with Gasteiger partial charge in [0.15, 0.2) is 0 Å². The lowest BCUT2D eigenvalue weighted by Gasteiger charge is -2.42. The van der Waals surface area contributed by atoms with E-state index in [9.17, 15) is 4.79 Å². The van der Waals surface area contributed by atoms with Crippen LogP contribution in [0.3, 0.4) is 0 Å². The number of hydrogen-bond acceptors (Lipinski definition) is 3. The van der Waals surface area contributed by atoms with Gasteiger partial charge in [-0.25, -0.2) is 4.79 Å². The van der Waals surface area contributed by atoms with Gasteiger partial charge in [-0.1, -0.05) is 36.8 Å². The van der Waals surface area contributed by atoms with Gasteiger partial charge in [-0.05, 0) is 18.4 Å². The molecule has 1 aromatic heterocycles. The number of ether oxygens (including phenoxy) is 1. The van der Waals surface area contributed by atoms with E-state index in [-0.39, 0.29) is 11.4 Å². The molecule has 1 spiro atoms. The van der Waals surface area contributed by atoms with Gasteiger partial charge < -0.3 is 15.0 Å². The highest BCUT2D eigenvalue weighted by molar-refractivity contribution is 5.89. The average molecular weight is 340 g/mol. The molecule has 25 heavy (non-hydrogen) atoms. The summed E-state index contributed by atoms with van der Waals surface area (Å²) in [7, 11) is 0. The number of hydrogen-bond donors (Lipinski definition) is 1. The second kappa shape index (κ2) is 6.88. The summed E-state index contributed by atoms with van der Waals surface area (Å²) in [6.45, 7) is 3.52. The van der Waals surface area contributed by atoms with E-state index in [0.29, 0.717) is 19.7 Å². The van der Waals surface area contributed by atoms with E-state index in [4.69, 9.17) is 4.74 Å². The molecule has 2 heterocycles. The largest absolute Gasteiger partial charge is 0.379 e. The molecular formula is C19H24N4O2. The molecule has 1 aromatic carbocycles. The van der Waals surface area contributed by atoms with Gasteiger partial charge >= 0.3 is 6.03 Å². The highest BCUT2D eigenvalue weighted by Gasteiger charge is 2.41. The van der Waals surface area contributed by atoms with Crippen LogP contribution in [0.1, 0.15) is 24.8 Å². The van der Waals surface area contributed by atoms with Gasteiger partial charge in [-0.2, -0.15) is 5.10 Å². The molecule has 0 bridgehead atoms. The Hall–Kier alpha value is -2.34. The first-order valence-electron chi connectivity index (χ1n) is 8.93. The van der Waals surface area contributed by atoms with Crippen molar-refractivity contribution in [1.82, 2.24) is 14.7 Å². The van der Waals surface area contributed by atoms with Gasteiger partial charge in [-0.3, -0.25) is 4.68 Å². The molecule has 6 nitrogen and oxygen atoms in total. The zero-order valence-corrected chi connectivity index (χ0v) is 14.4. The first-order valence-corrected chi connectivity index (χ1v) is 8.93. The summed E-state index contributed by atoms with van der Waals surface area (Å²) < 4.78 is 7.55. The minimum Gasteiger partial charge on any atom is -0.379 e. The van der Waals surface area contributed by atoms with Crippen LogP contribution in [0.5, 0.6) is 0 Å². The van der Waals surface area contributed by atoms with E-state index in [2.05, 4.69) is 22.5 Å². The van der Waals surface area contributed by atoms with Gasteiger partial charge in [0.25, 0.3) is 0 Å². The molecule has 1 saturated carbocycles. The lowest BCUT2D eigenvalue weighted by Crippen LogP contribution is -2.46. The summed E-state index contributed by atoms with van der Waals surface area (Å²) in [4.78, 5) is 14.5. The fraction of sp³-hybridized carbons (Fsp3) is 0.474. The molecular weight excluding hydrogens is 316 g/mol. The summed E-state index contributed by atoms with van der Waals surface area (Å²) in [5.41, 5.74) is 2.10.